The number of hydrogen-bond donors (Lipinski definition) is 1. The molecule has 0 radical (unpaired) electrons. The van der Waals surface area contributed by atoms with Crippen molar-refractivity contribution in [3.63, 3.8) is 0 Å². The molecule has 0 bridgehead atoms. The van der Waals surface area contributed by atoms with Gasteiger partial charge in [-0.25, -0.2) is 0 Å². The molecule has 0 aliphatic carbocycles. The molecule has 0 saturated carbocycles. The standard InChI is InChI=1S/C11H21N3O/c1-9(6-11(2,13)8-12)14-5-4-10(7-14)15-3/h9-10H,4-7,13H2,1-3H3. The molecule has 0 spiro atoms. The van der Waals surface area contributed by atoms with Gasteiger partial charge in [-0.05, 0) is 26.7 Å². The molecule has 4 nitrogen and oxygen atoms in total. The highest BCUT2D eigenvalue weighted by molar-refractivity contribution is 5.03. The summed E-state index contributed by atoms with van der Waals surface area (Å²) in [5.41, 5.74) is 5.11. The average molecular weight is 211 g/mol. The number of methoxy groups -OCH3 is 1. The van der Waals surface area contributed by atoms with Gasteiger partial charge in [0.2, 0.25) is 0 Å². The second-order valence-corrected chi connectivity index (χ2v) is 4.72. The van der Waals surface area contributed by atoms with E-state index >= 15 is 0 Å². The van der Waals surface area contributed by atoms with E-state index in [1.165, 1.54) is 0 Å². The van der Waals surface area contributed by atoms with Crippen LogP contribution in [-0.4, -0.2) is 42.8 Å². The van der Waals surface area contributed by atoms with Gasteiger partial charge in [0.05, 0.1) is 12.2 Å². The first-order valence-corrected chi connectivity index (χ1v) is 5.45. The van der Waals surface area contributed by atoms with E-state index in [4.69, 9.17) is 15.7 Å². The van der Waals surface area contributed by atoms with Crippen LogP contribution in [0.4, 0.5) is 0 Å². The van der Waals surface area contributed by atoms with Crippen molar-refractivity contribution in [3.05, 3.63) is 0 Å². The van der Waals surface area contributed by atoms with Gasteiger partial charge in [-0.2, -0.15) is 5.26 Å². The normalized spacial score (nSPS) is 28.3. The third-order valence-electron chi connectivity index (χ3n) is 3.11. The minimum atomic E-state index is -0.718. The Morgan fingerprint density at radius 1 is 1.73 bits per heavy atom. The zero-order valence-corrected chi connectivity index (χ0v) is 9.86. The molecule has 1 rings (SSSR count). The molecule has 1 heterocycles. The highest BCUT2D eigenvalue weighted by Crippen LogP contribution is 2.19. The van der Waals surface area contributed by atoms with E-state index in [1.807, 2.05) is 0 Å². The minimum absolute atomic E-state index is 0.346. The van der Waals surface area contributed by atoms with Crippen molar-refractivity contribution in [1.29, 1.82) is 5.26 Å². The van der Waals surface area contributed by atoms with Crippen molar-refractivity contribution < 1.29 is 4.74 Å². The highest BCUT2D eigenvalue weighted by atomic mass is 16.5. The van der Waals surface area contributed by atoms with Crippen molar-refractivity contribution in [2.24, 2.45) is 5.73 Å². The van der Waals surface area contributed by atoms with E-state index in [1.54, 1.807) is 14.0 Å². The Morgan fingerprint density at radius 2 is 2.40 bits per heavy atom. The van der Waals surface area contributed by atoms with Crippen LogP contribution in [-0.2, 0) is 4.74 Å². The summed E-state index contributed by atoms with van der Waals surface area (Å²) in [6.07, 6.45) is 2.13. The zero-order valence-electron chi connectivity index (χ0n) is 9.86. The average Bonchev–Trinajstić information content (AvgIpc) is 2.65. The molecule has 1 fully saturated rings. The van der Waals surface area contributed by atoms with Crippen LogP contribution in [0.5, 0.6) is 0 Å². The number of rotatable bonds is 4. The van der Waals surface area contributed by atoms with Crippen molar-refractivity contribution in [3.8, 4) is 6.07 Å². The Hall–Kier alpha value is -0.630. The highest BCUT2D eigenvalue weighted by Gasteiger charge is 2.29. The number of ether oxygens (including phenoxy) is 1. The summed E-state index contributed by atoms with van der Waals surface area (Å²) in [4.78, 5) is 2.34. The molecule has 2 N–H and O–H groups in total. The number of nitrogens with zero attached hydrogens (tertiary/aromatic N) is 2. The van der Waals surface area contributed by atoms with Crippen LogP contribution >= 0.6 is 0 Å². The van der Waals surface area contributed by atoms with Crippen molar-refractivity contribution >= 4 is 0 Å². The summed E-state index contributed by atoms with van der Waals surface area (Å²) in [7, 11) is 1.75. The first kappa shape index (κ1) is 12.4. The number of nitrogens with two attached hydrogens (primary N) is 1. The predicted molar refractivity (Wildman–Crippen MR) is 59.3 cm³/mol. The van der Waals surface area contributed by atoms with E-state index in [0.717, 1.165) is 19.5 Å². The maximum Gasteiger partial charge on any atom is 0.102 e. The number of hydrogen-bond acceptors (Lipinski definition) is 4. The summed E-state index contributed by atoms with van der Waals surface area (Å²) in [5.74, 6) is 0. The van der Waals surface area contributed by atoms with Gasteiger partial charge in [-0.3, -0.25) is 4.90 Å². The summed E-state index contributed by atoms with van der Waals surface area (Å²) in [5, 5.41) is 8.87. The third-order valence-corrected chi connectivity index (χ3v) is 3.11. The molecule has 1 aliphatic rings. The maximum absolute atomic E-state index is 8.87. The van der Waals surface area contributed by atoms with Crippen LogP contribution in [0, 0.1) is 11.3 Å². The fourth-order valence-electron chi connectivity index (χ4n) is 2.14. The second-order valence-electron chi connectivity index (χ2n) is 4.72. The quantitative estimate of drug-likeness (QED) is 0.744. The van der Waals surface area contributed by atoms with Crippen LogP contribution in [0.2, 0.25) is 0 Å². The van der Waals surface area contributed by atoms with Crippen LogP contribution in [0.1, 0.15) is 26.7 Å². The first-order valence-electron chi connectivity index (χ1n) is 5.45. The van der Waals surface area contributed by atoms with E-state index < -0.39 is 5.54 Å². The van der Waals surface area contributed by atoms with Gasteiger partial charge in [0.25, 0.3) is 0 Å². The van der Waals surface area contributed by atoms with Gasteiger partial charge < -0.3 is 10.5 Å². The molecule has 3 atom stereocenters. The molecule has 1 aliphatic heterocycles. The molecular weight excluding hydrogens is 190 g/mol. The van der Waals surface area contributed by atoms with Gasteiger partial charge in [0, 0.05) is 26.2 Å². The SMILES string of the molecule is COC1CCN(C(C)CC(C)(N)C#N)C1. The third kappa shape index (κ3) is 3.45. The summed E-state index contributed by atoms with van der Waals surface area (Å²) in [6, 6.07) is 2.49. The summed E-state index contributed by atoms with van der Waals surface area (Å²) >= 11 is 0. The lowest BCUT2D eigenvalue weighted by molar-refractivity contribution is 0.1000. The molecule has 0 aromatic heterocycles. The lowest BCUT2D eigenvalue weighted by Crippen LogP contribution is -2.43. The van der Waals surface area contributed by atoms with Crippen molar-refractivity contribution in [1.82, 2.24) is 4.90 Å². The molecule has 3 unspecified atom stereocenters. The smallest absolute Gasteiger partial charge is 0.102 e. The minimum Gasteiger partial charge on any atom is -0.380 e. The van der Waals surface area contributed by atoms with Gasteiger partial charge in [0.15, 0.2) is 0 Å². The predicted octanol–water partition coefficient (Wildman–Crippen LogP) is 0.727. The topological polar surface area (TPSA) is 62.3 Å². The van der Waals surface area contributed by atoms with E-state index in [0.29, 0.717) is 18.6 Å². The Morgan fingerprint density at radius 3 is 2.87 bits per heavy atom. The Labute approximate surface area is 92.0 Å². The van der Waals surface area contributed by atoms with Crippen molar-refractivity contribution in [2.75, 3.05) is 20.2 Å². The fourth-order valence-corrected chi connectivity index (χ4v) is 2.14. The lowest BCUT2D eigenvalue weighted by Gasteiger charge is -2.28. The fraction of sp³-hybridized carbons (Fsp3) is 0.909. The molecule has 0 amide bonds. The number of nitriles is 1. The van der Waals surface area contributed by atoms with Crippen LogP contribution in [0.15, 0.2) is 0 Å². The van der Waals surface area contributed by atoms with Gasteiger partial charge >= 0.3 is 0 Å². The molecule has 0 aromatic carbocycles. The van der Waals surface area contributed by atoms with E-state index in [-0.39, 0.29) is 0 Å². The number of likely N-dealkylation sites (tertiary alicyclic amines) is 1. The summed E-state index contributed by atoms with van der Waals surface area (Å²) < 4.78 is 5.31. The molecule has 4 heteroatoms. The van der Waals surface area contributed by atoms with E-state index in [9.17, 15) is 0 Å². The van der Waals surface area contributed by atoms with Crippen LogP contribution < -0.4 is 5.73 Å². The van der Waals surface area contributed by atoms with Crippen molar-refractivity contribution in [2.45, 2.75) is 44.4 Å². The molecule has 1 saturated heterocycles. The monoisotopic (exact) mass is 211 g/mol. The Balaban J connectivity index is 2.42. The Kier molecular flexibility index (Phi) is 4.09. The van der Waals surface area contributed by atoms with Crippen LogP contribution in [0.3, 0.4) is 0 Å². The van der Waals surface area contributed by atoms with Gasteiger partial charge in [0.1, 0.15) is 5.54 Å². The molecule has 15 heavy (non-hydrogen) atoms. The molecular formula is C11H21N3O. The van der Waals surface area contributed by atoms with Crippen LogP contribution in [0.25, 0.3) is 0 Å². The zero-order chi connectivity index (χ0) is 11.5. The largest absolute Gasteiger partial charge is 0.380 e. The maximum atomic E-state index is 8.87. The van der Waals surface area contributed by atoms with Gasteiger partial charge in [-0.1, -0.05) is 0 Å². The van der Waals surface area contributed by atoms with E-state index in [2.05, 4.69) is 17.9 Å². The molecule has 86 valence electrons. The molecule has 0 aromatic rings. The first-order chi connectivity index (χ1) is 6.98. The Bertz CT molecular complexity index is 247. The second kappa shape index (κ2) is 4.93. The lowest BCUT2D eigenvalue weighted by atomic mass is 9.96. The summed E-state index contributed by atoms with van der Waals surface area (Å²) in [6.45, 7) is 5.91. The van der Waals surface area contributed by atoms with Gasteiger partial charge in [-0.15, -0.1) is 0 Å².